The van der Waals surface area contributed by atoms with Crippen LogP contribution in [0.2, 0.25) is 0 Å². The van der Waals surface area contributed by atoms with Crippen LogP contribution in [-0.2, 0) is 12.0 Å². The van der Waals surface area contributed by atoms with Crippen LogP contribution in [0.3, 0.4) is 0 Å². The van der Waals surface area contributed by atoms with Crippen molar-refractivity contribution in [1.29, 1.82) is 0 Å². The zero-order valence-electron chi connectivity index (χ0n) is 15.0. The number of nitrogens with one attached hydrogen (secondary N) is 1. The van der Waals surface area contributed by atoms with E-state index in [1.54, 1.807) is 11.5 Å². The van der Waals surface area contributed by atoms with Crippen LogP contribution < -0.4 is 5.32 Å². The topological polar surface area (TPSA) is 17.0 Å². The summed E-state index contributed by atoms with van der Waals surface area (Å²) in [5, 5.41) is 3.69. The normalized spacial score (nSPS) is 14.6. The molecule has 4 rings (SSSR count). The SMILES string of the molecule is CCc1ccccc1-n1sc2c(c1=S)-c1cc(C)ccc1NC2(C)C. The number of anilines is 1. The molecule has 0 atom stereocenters. The molecule has 0 spiro atoms. The number of hydrogen-bond donors (Lipinski definition) is 1. The van der Waals surface area contributed by atoms with Gasteiger partial charge in [-0.15, -0.1) is 0 Å². The molecule has 128 valence electrons. The van der Waals surface area contributed by atoms with Crippen LogP contribution in [0.1, 0.15) is 36.8 Å². The summed E-state index contributed by atoms with van der Waals surface area (Å²) in [6, 6.07) is 15.1. The highest BCUT2D eigenvalue weighted by molar-refractivity contribution is 7.71. The molecule has 2 heterocycles. The first-order valence-corrected chi connectivity index (χ1v) is 9.85. The van der Waals surface area contributed by atoms with Crippen LogP contribution in [0.4, 0.5) is 5.69 Å². The molecule has 2 nitrogen and oxygen atoms in total. The lowest BCUT2D eigenvalue weighted by Crippen LogP contribution is -2.30. The van der Waals surface area contributed by atoms with Crippen LogP contribution in [0.25, 0.3) is 16.8 Å². The van der Waals surface area contributed by atoms with E-state index in [0.717, 1.165) is 11.1 Å². The fourth-order valence-electron chi connectivity index (χ4n) is 3.58. The van der Waals surface area contributed by atoms with Crippen molar-refractivity contribution < 1.29 is 0 Å². The highest BCUT2D eigenvalue weighted by atomic mass is 32.1. The average Bonchev–Trinajstić information content (AvgIpc) is 2.94. The summed E-state index contributed by atoms with van der Waals surface area (Å²) in [5.41, 5.74) is 7.26. The molecule has 0 fully saturated rings. The molecule has 0 saturated heterocycles. The third kappa shape index (κ3) is 2.55. The zero-order chi connectivity index (χ0) is 17.8. The fraction of sp³-hybridized carbons (Fsp3) is 0.286. The fourth-order valence-corrected chi connectivity index (χ4v) is 5.27. The van der Waals surface area contributed by atoms with E-state index in [1.807, 2.05) is 0 Å². The van der Waals surface area contributed by atoms with Crippen molar-refractivity contribution in [1.82, 2.24) is 3.96 Å². The Morgan fingerprint density at radius 2 is 1.92 bits per heavy atom. The van der Waals surface area contributed by atoms with Gasteiger partial charge in [-0.05, 0) is 51.0 Å². The third-order valence-corrected chi connectivity index (χ3v) is 6.82. The molecule has 3 aromatic rings. The maximum atomic E-state index is 5.97. The second kappa shape index (κ2) is 5.82. The van der Waals surface area contributed by atoms with Crippen molar-refractivity contribution in [3.63, 3.8) is 0 Å². The first kappa shape index (κ1) is 16.6. The summed E-state index contributed by atoms with van der Waals surface area (Å²) in [6.45, 7) is 8.79. The molecule has 2 aromatic carbocycles. The summed E-state index contributed by atoms with van der Waals surface area (Å²) < 4.78 is 3.15. The van der Waals surface area contributed by atoms with Gasteiger partial charge in [0.2, 0.25) is 0 Å². The van der Waals surface area contributed by atoms with Gasteiger partial charge in [-0.1, -0.05) is 60.5 Å². The lowest BCUT2D eigenvalue weighted by atomic mass is 9.89. The van der Waals surface area contributed by atoms with Crippen LogP contribution in [0.5, 0.6) is 0 Å². The van der Waals surface area contributed by atoms with E-state index in [-0.39, 0.29) is 5.54 Å². The molecule has 1 aromatic heterocycles. The summed E-state index contributed by atoms with van der Waals surface area (Å²) >= 11 is 7.74. The van der Waals surface area contributed by atoms with Gasteiger partial charge in [-0.25, -0.2) is 0 Å². The van der Waals surface area contributed by atoms with Gasteiger partial charge in [0.1, 0.15) is 4.64 Å². The molecular formula is C21H22N2S2. The predicted molar refractivity (Wildman–Crippen MR) is 111 cm³/mol. The van der Waals surface area contributed by atoms with E-state index in [0.29, 0.717) is 0 Å². The Morgan fingerprint density at radius 1 is 1.16 bits per heavy atom. The van der Waals surface area contributed by atoms with Gasteiger partial charge in [0.05, 0.1) is 16.1 Å². The van der Waals surface area contributed by atoms with Crippen LogP contribution in [0, 0.1) is 11.6 Å². The Bertz CT molecular complexity index is 1020. The molecule has 0 unspecified atom stereocenters. The van der Waals surface area contributed by atoms with Gasteiger partial charge in [0, 0.05) is 16.8 Å². The monoisotopic (exact) mass is 366 g/mol. The number of aryl methyl sites for hydroxylation is 2. The molecule has 0 amide bonds. The largest absolute Gasteiger partial charge is 0.375 e. The van der Waals surface area contributed by atoms with Crippen LogP contribution in [0.15, 0.2) is 42.5 Å². The van der Waals surface area contributed by atoms with Gasteiger partial charge < -0.3 is 5.32 Å². The Labute approximate surface area is 158 Å². The standard InChI is InChI=1S/C21H22N2S2/c1-5-14-8-6-7-9-17(14)23-20(24)18-15-12-13(2)10-11-16(15)22-21(3,4)19(18)25-23/h6-12,22H,5H2,1-4H3. The quantitative estimate of drug-likeness (QED) is 0.524. The number of fused-ring (bicyclic) bond motifs is 3. The summed E-state index contributed by atoms with van der Waals surface area (Å²) in [4.78, 5) is 1.31. The Morgan fingerprint density at radius 3 is 2.68 bits per heavy atom. The van der Waals surface area contributed by atoms with Gasteiger partial charge >= 0.3 is 0 Å². The predicted octanol–water partition coefficient (Wildman–Crippen LogP) is 6.47. The van der Waals surface area contributed by atoms with Gasteiger partial charge in [0.15, 0.2) is 0 Å². The molecule has 0 saturated carbocycles. The number of aromatic nitrogens is 1. The molecule has 1 aliphatic rings. The van der Waals surface area contributed by atoms with E-state index >= 15 is 0 Å². The molecule has 0 bridgehead atoms. The van der Waals surface area contributed by atoms with E-state index in [1.165, 1.54) is 38.5 Å². The first-order chi connectivity index (χ1) is 11.9. The number of rotatable bonds is 2. The number of benzene rings is 2. The number of hydrogen-bond acceptors (Lipinski definition) is 3. The zero-order valence-corrected chi connectivity index (χ0v) is 16.6. The Hall–Kier alpha value is -1.91. The molecule has 0 radical (unpaired) electrons. The lowest BCUT2D eigenvalue weighted by Gasteiger charge is -2.33. The van der Waals surface area contributed by atoms with E-state index in [9.17, 15) is 0 Å². The molecule has 1 N–H and O–H groups in total. The van der Waals surface area contributed by atoms with Crippen molar-refractivity contribution >= 4 is 29.4 Å². The summed E-state index contributed by atoms with van der Waals surface area (Å²) in [6.07, 6.45) is 0.998. The van der Waals surface area contributed by atoms with Crippen LogP contribution in [-0.4, -0.2) is 3.96 Å². The minimum absolute atomic E-state index is 0.137. The smallest absolute Gasteiger partial charge is 0.129 e. The molecule has 0 aliphatic carbocycles. The van der Waals surface area contributed by atoms with Gasteiger partial charge in [-0.2, -0.15) is 0 Å². The average molecular weight is 367 g/mol. The molecular weight excluding hydrogens is 344 g/mol. The summed E-state index contributed by atoms with van der Waals surface area (Å²) in [7, 11) is 0. The highest BCUT2D eigenvalue weighted by Gasteiger charge is 2.34. The van der Waals surface area contributed by atoms with E-state index in [2.05, 4.69) is 79.4 Å². The maximum Gasteiger partial charge on any atom is 0.129 e. The number of para-hydroxylation sites is 1. The second-order valence-electron chi connectivity index (χ2n) is 7.18. The minimum atomic E-state index is -0.137. The molecule has 25 heavy (non-hydrogen) atoms. The highest BCUT2D eigenvalue weighted by Crippen LogP contribution is 2.47. The molecule has 4 heteroatoms. The van der Waals surface area contributed by atoms with Gasteiger partial charge in [-0.3, -0.25) is 3.96 Å². The Balaban J connectivity index is 2.04. The van der Waals surface area contributed by atoms with E-state index < -0.39 is 0 Å². The second-order valence-corrected chi connectivity index (χ2v) is 8.52. The van der Waals surface area contributed by atoms with Crippen molar-refractivity contribution in [2.75, 3.05) is 5.32 Å². The van der Waals surface area contributed by atoms with Crippen molar-refractivity contribution in [3.05, 3.63) is 63.1 Å². The number of nitrogens with zero attached hydrogens (tertiary/aromatic N) is 1. The lowest BCUT2D eigenvalue weighted by molar-refractivity contribution is 0.620. The Kier molecular flexibility index (Phi) is 3.85. The third-order valence-electron chi connectivity index (χ3n) is 4.86. The van der Waals surface area contributed by atoms with Crippen LogP contribution >= 0.6 is 23.8 Å². The van der Waals surface area contributed by atoms with Crippen molar-refractivity contribution in [2.24, 2.45) is 0 Å². The van der Waals surface area contributed by atoms with E-state index in [4.69, 9.17) is 12.2 Å². The minimum Gasteiger partial charge on any atom is -0.375 e. The first-order valence-electron chi connectivity index (χ1n) is 8.66. The van der Waals surface area contributed by atoms with Crippen molar-refractivity contribution in [2.45, 2.75) is 39.7 Å². The van der Waals surface area contributed by atoms with Gasteiger partial charge in [0.25, 0.3) is 0 Å². The van der Waals surface area contributed by atoms with Crippen molar-refractivity contribution in [3.8, 4) is 16.8 Å². The maximum absolute atomic E-state index is 5.97. The summed E-state index contributed by atoms with van der Waals surface area (Å²) in [5.74, 6) is 0. The molecule has 1 aliphatic heterocycles.